The summed E-state index contributed by atoms with van der Waals surface area (Å²) >= 11 is 0. The summed E-state index contributed by atoms with van der Waals surface area (Å²) < 4.78 is 20.4. The van der Waals surface area contributed by atoms with Crippen molar-refractivity contribution in [2.24, 2.45) is 0 Å². The number of ether oxygens (including phenoxy) is 1. The van der Waals surface area contributed by atoms with Gasteiger partial charge in [0.05, 0.1) is 12.7 Å². The summed E-state index contributed by atoms with van der Waals surface area (Å²) in [6, 6.07) is 19.1. The smallest absolute Gasteiger partial charge is 0.336 e. The molecule has 128 valence electrons. The van der Waals surface area contributed by atoms with E-state index in [-0.39, 0.29) is 17.4 Å². The molecule has 6 heteroatoms. The Labute approximate surface area is 148 Å². The van der Waals surface area contributed by atoms with Gasteiger partial charge in [0.15, 0.2) is 5.82 Å². The number of nitrogens with zero attached hydrogens (tertiary/aromatic N) is 3. The molecule has 0 N–H and O–H groups in total. The summed E-state index contributed by atoms with van der Waals surface area (Å²) in [6.45, 7) is 0. The molecule has 0 amide bonds. The highest BCUT2D eigenvalue weighted by Gasteiger charge is 2.22. The normalized spacial score (nSPS) is 10.8. The van der Waals surface area contributed by atoms with E-state index in [9.17, 15) is 9.18 Å². The van der Waals surface area contributed by atoms with Gasteiger partial charge in [-0.3, -0.25) is 4.79 Å². The zero-order valence-electron chi connectivity index (χ0n) is 13.9. The molecule has 0 aliphatic carbocycles. The van der Waals surface area contributed by atoms with Gasteiger partial charge in [0.2, 0.25) is 0 Å². The second-order valence-corrected chi connectivity index (χ2v) is 5.65. The predicted molar refractivity (Wildman–Crippen MR) is 95.6 cm³/mol. The molecule has 0 radical (unpaired) electrons. The van der Waals surface area contributed by atoms with Crippen LogP contribution in [-0.2, 0) is 0 Å². The van der Waals surface area contributed by atoms with Gasteiger partial charge in [0.1, 0.15) is 5.82 Å². The van der Waals surface area contributed by atoms with Gasteiger partial charge in [0.25, 0.3) is 5.91 Å². The molecule has 0 saturated carbocycles. The lowest BCUT2D eigenvalue weighted by atomic mass is 10.0. The van der Waals surface area contributed by atoms with Gasteiger partial charge < -0.3 is 4.74 Å². The second kappa shape index (κ2) is 6.40. The first-order chi connectivity index (χ1) is 12.7. The average molecular weight is 347 g/mol. The molecule has 5 nitrogen and oxygen atoms in total. The van der Waals surface area contributed by atoms with Crippen molar-refractivity contribution in [3.05, 3.63) is 78.1 Å². The van der Waals surface area contributed by atoms with Crippen molar-refractivity contribution < 1.29 is 13.9 Å². The van der Waals surface area contributed by atoms with Gasteiger partial charge in [-0.15, -0.1) is 5.10 Å². The fraction of sp³-hybridized carbons (Fsp3) is 0.0500. The van der Waals surface area contributed by atoms with Crippen LogP contribution in [0.1, 0.15) is 10.4 Å². The van der Waals surface area contributed by atoms with Gasteiger partial charge in [-0.1, -0.05) is 48.5 Å². The monoisotopic (exact) mass is 347 g/mol. The molecule has 0 atom stereocenters. The van der Waals surface area contributed by atoms with Gasteiger partial charge >= 0.3 is 6.01 Å². The van der Waals surface area contributed by atoms with Crippen LogP contribution in [0.4, 0.5) is 4.39 Å². The van der Waals surface area contributed by atoms with E-state index in [0.717, 1.165) is 15.5 Å². The van der Waals surface area contributed by atoms with E-state index in [1.165, 1.54) is 13.2 Å². The maximum absolute atomic E-state index is 14.3. The number of hydrogen-bond acceptors (Lipinski definition) is 4. The second-order valence-electron chi connectivity index (χ2n) is 5.65. The minimum atomic E-state index is -0.491. The molecule has 26 heavy (non-hydrogen) atoms. The zero-order valence-corrected chi connectivity index (χ0v) is 13.9. The highest BCUT2D eigenvalue weighted by molar-refractivity contribution is 6.08. The molecule has 0 aliphatic rings. The first-order valence-electron chi connectivity index (χ1n) is 7.97. The van der Waals surface area contributed by atoms with Crippen LogP contribution in [-0.4, -0.2) is 27.8 Å². The van der Waals surface area contributed by atoms with E-state index in [4.69, 9.17) is 4.74 Å². The maximum atomic E-state index is 14.3. The van der Waals surface area contributed by atoms with Crippen LogP contribution in [0.15, 0.2) is 66.7 Å². The van der Waals surface area contributed by atoms with Gasteiger partial charge in [-0.2, -0.15) is 9.67 Å². The van der Waals surface area contributed by atoms with Crippen molar-refractivity contribution in [3.8, 4) is 17.4 Å². The summed E-state index contributed by atoms with van der Waals surface area (Å²) in [5, 5.41) is 5.81. The van der Waals surface area contributed by atoms with Crippen LogP contribution >= 0.6 is 0 Å². The Kier molecular flexibility index (Phi) is 3.93. The van der Waals surface area contributed by atoms with Crippen molar-refractivity contribution >= 4 is 16.7 Å². The van der Waals surface area contributed by atoms with E-state index >= 15 is 0 Å². The fourth-order valence-electron chi connectivity index (χ4n) is 2.86. The van der Waals surface area contributed by atoms with E-state index in [2.05, 4.69) is 10.1 Å². The van der Waals surface area contributed by atoms with E-state index in [0.29, 0.717) is 5.56 Å². The average Bonchev–Trinajstić information content (AvgIpc) is 3.11. The molecule has 0 saturated heterocycles. The van der Waals surface area contributed by atoms with Crippen LogP contribution in [0.2, 0.25) is 0 Å². The lowest BCUT2D eigenvalue weighted by molar-refractivity contribution is 0.0947. The summed E-state index contributed by atoms with van der Waals surface area (Å²) in [5.74, 6) is -0.803. The molecule has 0 bridgehead atoms. The molecule has 4 rings (SSSR count). The van der Waals surface area contributed by atoms with Crippen molar-refractivity contribution in [3.63, 3.8) is 0 Å². The molecule has 1 aromatic heterocycles. The van der Waals surface area contributed by atoms with Crippen LogP contribution < -0.4 is 4.74 Å². The molecular formula is C20H14FN3O2. The number of fused-ring (bicyclic) bond motifs is 1. The Morgan fingerprint density at radius 1 is 1.00 bits per heavy atom. The van der Waals surface area contributed by atoms with Crippen LogP contribution in [0, 0.1) is 5.82 Å². The number of benzene rings is 3. The third-order valence-electron chi connectivity index (χ3n) is 4.10. The van der Waals surface area contributed by atoms with Crippen molar-refractivity contribution in [1.29, 1.82) is 0 Å². The Morgan fingerprint density at radius 2 is 1.73 bits per heavy atom. The number of hydrogen-bond donors (Lipinski definition) is 0. The first-order valence-corrected chi connectivity index (χ1v) is 7.97. The zero-order chi connectivity index (χ0) is 18.1. The quantitative estimate of drug-likeness (QED) is 0.563. The van der Waals surface area contributed by atoms with Gasteiger partial charge in [-0.05, 0) is 29.0 Å². The minimum absolute atomic E-state index is 0.00293. The number of carbonyl (C=O) groups excluding carboxylic acids is 1. The summed E-state index contributed by atoms with van der Waals surface area (Å²) in [5.41, 5.74) is 0.630. The van der Waals surface area contributed by atoms with Crippen LogP contribution in [0.5, 0.6) is 6.01 Å². The Morgan fingerprint density at radius 3 is 2.54 bits per heavy atom. The lowest BCUT2D eigenvalue weighted by Crippen LogP contribution is -2.16. The number of halogens is 1. The number of methoxy groups -OCH3 is 1. The largest absolute Gasteiger partial charge is 0.466 e. The topological polar surface area (TPSA) is 57.0 Å². The Hall–Kier alpha value is -3.54. The Balaban J connectivity index is 1.91. The van der Waals surface area contributed by atoms with E-state index in [1.807, 2.05) is 30.3 Å². The SMILES string of the molecule is COc1nc(-c2ccccc2F)n(C(=O)c2cccc3ccccc23)n1. The maximum Gasteiger partial charge on any atom is 0.336 e. The molecule has 3 aromatic carbocycles. The van der Waals surface area contributed by atoms with Crippen LogP contribution in [0.3, 0.4) is 0 Å². The highest BCUT2D eigenvalue weighted by atomic mass is 19.1. The third kappa shape index (κ3) is 2.61. The minimum Gasteiger partial charge on any atom is -0.466 e. The van der Waals surface area contributed by atoms with Crippen molar-refractivity contribution in [2.75, 3.05) is 7.11 Å². The number of carbonyl (C=O) groups is 1. The first kappa shape index (κ1) is 16.0. The number of aromatic nitrogens is 3. The lowest BCUT2D eigenvalue weighted by Gasteiger charge is -2.08. The van der Waals surface area contributed by atoms with Crippen molar-refractivity contribution in [2.45, 2.75) is 0 Å². The highest BCUT2D eigenvalue weighted by Crippen LogP contribution is 2.25. The predicted octanol–water partition coefficient (Wildman–Crippen LogP) is 3.93. The van der Waals surface area contributed by atoms with Crippen molar-refractivity contribution in [1.82, 2.24) is 14.8 Å². The molecule has 4 aromatic rings. The molecule has 0 aliphatic heterocycles. The summed E-state index contributed by atoms with van der Waals surface area (Å²) in [4.78, 5) is 17.3. The summed E-state index contributed by atoms with van der Waals surface area (Å²) in [7, 11) is 1.40. The van der Waals surface area contributed by atoms with Gasteiger partial charge in [-0.25, -0.2) is 4.39 Å². The summed E-state index contributed by atoms with van der Waals surface area (Å²) in [6.07, 6.45) is 0. The number of rotatable bonds is 3. The molecule has 1 heterocycles. The third-order valence-corrected chi connectivity index (χ3v) is 4.10. The fourth-order valence-corrected chi connectivity index (χ4v) is 2.86. The Bertz CT molecular complexity index is 1120. The molecular weight excluding hydrogens is 333 g/mol. The van der Waals surface area contributed by atoms with Crippen LogP contribution in [0.25, 0.3) is 22.2 Å². The molecule has 0 spiro atoms. The molecule has 0 unspecified atom stereocenters. The van der Waals surface area contributed by atoms with Gasteiger partial charge in [0, 0.05) is 5.56 Å². The molecule has 0 fully saturated rings. The van der Waals surface area contributed by atoms with E-state index < -0.39 is 11.7 Å². The van der Waals surface area contributed by atoms with E-state index in [1.54, 1.807) is 30.3 Å². The standard InChI is InChI=1S/C20H14FN3O2/c1-26-20-22-18(16-10-4-5-12-17(16)21)24(23-20)19(25)15-11-6-8-13-7-2-3-9-14(13)15/h2-12H,1H3.